The van der Waals surface area contributed by atoms with Crippen molar-refractivity contribution in [2.45, 2.75) is 140 Å². The predicted octanol–water partition coefficient (Wildman–Crippen LogP) is 8.98. The van der Waals surface area contributed by atoms with Gasteiger partial charge in [-0.25, -0.2) is 0 Å². The average molecular weight is 553 g/mol. The summed E-state index contributed by atoms with van der Waals surface area (Å²) in [5.74, 6) is 6.38. The highest BCUT2D eigenvalue weighted by molar-refractivity contribution is 8.17. The van der Waals surface area contributed by atoms with Crippen molar-refractivity contribution in [2.24, 2.45) is 40.4 Å². The van der Waals surface area contributed by atoms with Gasteiger partial charge >= 0.3 is 0 Å². The fourth-order valence-electron chi connectivity index (χ4n) is 9.87. The average Bonchev–Trinajstić information content (AvgIpc) is 3.17. The molecule has 36 heavy (non-hydrogen) atoms. The van der Waals surface area contributed by atoms with Crippen molar-refractivity contribution < 1.29 is 9.53 Å². The summed E-state index contributed by atoms with van der Waals surface area (Å²) in [6, 6.07) is 0. The lowest BCUT2D eigenvalue weighted by atomic mass is 9.44. The van der Waals surface area contributed by atoms with Crippen LogP contribution in [0.15, 0.2) is 0 Å². The van der Waals surface area contributed by atoms with Crippen LogP contribution in [0, 0.1) is 40.4 Å². The Kier molecular flexibility index (Phi) is 7.67. The van der Waals surface area contributed by atoms with Crippen LogP contribution in [0.4, 0.5) is 0 Å². The Morgan fingerprint density at radius 2 is 1.47 bits per heavy atom. The Morgan fingerprint density at radius 3 is 2.14 bits per heavy atom. The van der Waals surface area contributed by atoms with Crippen molar-refractivity contribution in [3.8, 4) is 0 Å². The molecule has 4 saturated carbocycles. The third-order valence-electron chi connectivity index (χ3n) is 12.9. The number of thioether (sulfide) groups is 2. The van der Waals surface area contributed by atoms with Crippen molar-refractivity contribution in [2.75, 3.05) is 11.5 Å². The Labute approximate surface area is 232 Å². The van der Waals surface area contributed by atoms with Crippen molar-refractivity contribution in [3.05, 3.63) is 0 Å². The van der Waals surface area contributed by atoms with Gasteiger partial charge < -0.3 is 9.53 Å². The number of fused-ring (bicyclic) bond motifs is 5. The monoisotopic (exact) mass is 552 g/mol. The Hall–Kier alpha value is 0.837. The summed E-state index contributed by atoms with van der Waals surface area (Å²) in [5, 5.41) is 12.3. The molecule has 1 saturated heterocycles. The molecule has 1 aliphatic heterocycles. The SMILES string of the molecule is CC(C)(C)[Si](C)(C)O[C@H]1CC[C@@]2(C)[C@@H](CC[C@@H]3[C@@H]2CC[C@@]2(C)[C@H]3CC[C@@H]2[C@@](C)(O)C2SCCCS2)C1. The lowest BCUT2D eigenvalue weighted by molar-refractivity contribution is -0.140. The van der Waals surface area contributed by atoms with E-state index in [1.165, 1.54) is 75.7 Å². The van der Waals surface area contributed by atoms with E-state index < -0.39 is 13.9 Å². The summed E-state index contributed by atoms with van der Waals surface area (Å²) in [6.07, 6.45) is 13.9. The van der Waals surface area contributed by atoms with Gasteiger partial charge in [0.05, 0.1) is 10.2 Å². The van der Waals surface area contributed by atoms with Gasteiger partial charge in [0.15, 0.2) is 8.32 Å². The van der Waals surface area contributed by atoms with Crippen molar-refractivity contribution in [1.82, 2.24) is 0 Å². The van der Waals surface area contributed by atoms with Crippen LogP contribution in [0.5, 0.6) is 0 Å². The Bertz CT molecular complexity index is 803. The molecule has 5 aliphatic rings. The van der Waals surface area contributed by atoms with E-state index in [2.05, 4.69) is 54.6 Å². The first-order chi connectivity index (χ1) is 16.7. The number of hydrogen-bond donors (Lipinski definition) is 1. The first-order valence-electron chi connectivity index (χ1n) is 15.3. The zero-order valence-corrected chi connectivity index (χ0v) is 27.3. The minimum Gasteiger partial charge on any atom is -0.414 e. The van der Waals surface area contributed by atoms with Gasteiger partial charge in [-0.2, -0.15) is 0 Å². The molecule has 9 atom stereocenters. The van der Waals surface area contributed by atoms with Crippen LogP contribution in [-0.2, 0) is 4.43 Å². The molecule has 5 rings (SSSR count). The highest BCUT2D eigenvalue weighted by atomic mass is 32.2. The zero-order valence-electron chi connectivity index (χ0n) is 24.7. The second-order valence-corrected chi connectivity index (χ2v) is 23.2. The van der Waals surface area contributed by atoms with Crippen LogP contribution < -0.4 is 0 Å². The maximum atomic E-state index is 12.0. The second kappa shape index (κ2) is 9.74. The van der Waals surface area contributed by atoms with Gasteiger partial charge in [0, 0.05) is 6.10 Å². The van der Waals surface area contributed by atoms with Crippen LogP contribution in [-0.4, -0.2) is 41.2 Å². The molecule has 0 spiro atoms. The zero-order chi connectivity index (χ0) is 26.1. The molecule has 2 nitrogen and oxygen atoms in total. The van der Waals surface area contributed by atoms with Gasteiger partial charge in [-0.15, -0.1) is 23.5 Å². The van der Waals surface area contributed by atoms with Gasteiger partial charge in [0.1, 0.15) is 0 Å². The third kappa shape index (κ3) is 4.63. The van der Waals surface area contributed by atoms with E-state index in [4.69, 9.17) is 4.43 Å². The molecule has 0 aromatic rings. The molecule has 0 aromatic heterocycles. The van der Waals surface area contributed by atoms with Crippen LogP contribution in [0.1, 0.15) is 106 Å². The molecule has 1 N–H and O–H groups in total. The smallest absolute Gasteiger partial charge is 0.192 e. The van der Waals surface area contributed by atoms with Crippen LogP contribution in [0.3, 0.4) is 0 Å². The molecule has 1 heterocycles. The van der Waals surface area contributed by atoms with Crippen LogP contribution in [0.25, 0.3) is 0 Å². The highest BCUT2D eigenvalue weighted by Gasteiger charge is 2.63. The van der Waals surface area contributed by atoms with E-state index in [0.29, 0.717) is 32.5 Å². The lowest BCUT2D eigenvalue weighted by Crippen LogP contribution is -2.57. The van der Waals surface area contributed by atoms with Gasteiger partial charge in [0.25, 0.3) is 0 Å². The fraction of sp³-hybridized carbons (Fsp3) is 1.00. The van der Waals surface area contributed by atoms with Crippen molar-refractivity contribution >= 4 is 31.8 Å². The predicted molar refractivity (Wildman–Crippen MR) is 161 cm³/mol. The quantitative estimate of drug-likeness (QED) is 0.352. The summed E-state index contributed by atoms with van der Waals surface area (Å²) >= 11 is 4.08. The number of hydrogen-bond acceptors (Lipinski definition) is 4. The van der Waals surface area contributed by atoms with Gasteiger partial charge in [-0.1, -0.05) is 34.6 Å². The minimum atomic E-state index is -1.70. The van der Waals surface area contributed by atoms with E-state index in [1.54, 1.807) is 0 Å². The summed E-state index contributed by atoms with van der Waals surface area (Å²) in [6.45, 7) is 19.5. The first-order valence-corrected chi connectivity index (χ1v) is 20.3. The molecule has 0 aromatic carbocycles. The molecular weight excluding hydrogens is 497 g/mol. The standard InChI is InChI=1S/C31H56O2S2Si/c1-28(2,3)36(7,8)33-22-14-16-29(4)21(20-22)10-11-23-24-12-13-26(30(24,5)17-15-25(23)29)31(6,32)27-34-18-9-19-35-27/h21-27,32H,9-20H2,1-8H3/t21-,22-,23-,24-,25-,26-,29-,30-,31+/m0/s1. The van der Waals surface area contributed by atoms with E-state index in [0.717, 1.165) is 23.7 Å². The van der Waals surface area contributed by atoms with Gasteiger partial charge in [0.2, 0.25) is 0 Å². The third-order valence-corrected chi connectivity index (χ3v) is 20.9. The van der Waals surface area contributed by atoms with Gasteiger partial charge in [-0.05, 0) is 141 Å². The highest BCUT2D eigenvalue weighted by Crippen LogP contribution is 2.69. The van der Waals surface area contributed by atoms with Gasteiger partial charge in [-0.3, -0.25) is 0 Å². The molecule has 208 valence electrons. The van der Waals surface area contributed by atoms with E-state index in [-0.39, 0.29) is 0 Å². The van der Waals surface area contributed by atoms with Crippen LogP contribution in [0.2, 0.25) is 18.1 Å². The normalized spacial score (nSPS) is 45.9. The van der Waals surface area contributed by atoms with E-state index in [9.17, 15) is 5.11 Å². The maximum Gasteiger partial charge on any atom is 0.192 e. The summed E-state index contributed by atoms with van der Waals surface area (Å²) in [5.41, 5.74) is 0.300. The molecule has 5 heteroatoms. The lowest BCUT2D eigenvalue weighted by Gasteiger charge is -2.62. The summed E-state index contributed by atoms with van der Waals surface area (Å²) in [7, 11) is -1.70. The summed E-state index contributed by atoms with van der Waals surface area (Å²) < 4.78 is 7.34. The molecule has 0 bridgehead atoms. The molecule has 0 amide bonds. The van der Waals surface area contributed by atoms with E-state index >= 15 is 0 Å². The molecule has 4 aliphatic carbocycles. The van der Waals surface area contributed by atoms with Crippen molar-refractivity contribution in [3.63, 3.8) is 0 Å². The minimum absolute atomic E-state index is 0.300. The number of rotatable bonds is 4. The maximum absolute atomic E-state index is 12.0. The van der Waals surface area contributed by atoms with Crippen molar-refractivity contribution in [1.29, 1.82) is 0 Å². The Balaban J connectivity index is 1.29. The van der Waals surface area contributed by atoms with Crippen LogP contribution >= 0.6 is 23.5 Å². The Morgan fingerprint density at radius 1 is 0.833 bits per heavy atom. The molecule has 5 fully saturated rings. The largest absolute Gasteiger partial charge is 0.414 e. The summed E-state index contributed by atoms with van der Waals surface area (Å²) in [4.78, 5) is 0. The fourth-order valence-corrected chi connectivity index (χ4v) is 14.5. The molecule has 0 radical (unpaired) electrons. The second-order valence-electron chi connectivity index (χ2n) is 15.8. The molecule has 0 unspecified atom stereocenters. The topological polar surface area (TPSA) is 29.5 Å². The molecular formula is C31H56O2S2Si. The first kappa shape index (κ1) is 28.4. The van der Waals surface area contributed by atoms with E-state index in [1.807, 2.05) is 23.5 Å². The number of aliphatic hydroxyl groups is 1.